The normalized spacial score (nSPS) is 43.1. The zero-order valence-electron chi connectivity index (χ0n) is 13.2. The van der Waals surface area contributed by atoms with Gasteiger partial charge in [-0.05, 0) is 19.3 Å². The molecule has 0 bridgehead atoms. The van der Waals surface area contributed by atoms with Crippen molar-refractivity contribution in [2.24, 2.45) is 5.92 Å². The van der Waals surface area contributed by atoms with Gasteiger partial charge in [0.15, 0.2) is 0 Å². The summed E-state index contributed by atoms with van der Waals surface area (Å²) in [6.45, 7) is 5.61. The Hall–Kier alpha value is -1.85. The van der Waals surface area contributed by atoms with Crippen LogP contribution in [0.25, 0.3) is 0 Å². The molecular weight excluding hydrogens is 298 g/mol. The molecule has 23 heavy (non-hydrogen) atoms. The quantitative estimate of drug-likeness (QED) is 0.538. The van der Waals surface area contributed by atoms with Crippen LogP contribution in [-0.2, 0) is 23.9 Å². The Balaban J connectivity index is 1.61. The minimum atomic E-state index is -0.543. The summed E-state index contributed by atoms with van der Waals surface area (Å²) in [5, 5.41) is 0. The molecule has 4 rings (SSSR count). The van der Waals surface area contributed by atoms with Crippen LogP contribution >= 0.6 is 0 Å². The fourth-order valence-corrected chi connectivity index (χ4v) is 4.80. The van der Waals surface area contributed by atoms with Crippen LogP contribution in [0.1, 0.15) is 45.4 Å². The minimum Gasteiger partial charge on any atom is -0.457 e. The Morgan fingerprint density at radius 2 is 2.04 bits per heavy atom. The summed E-state index contributed by atoms with van der Waals surface area (Å²) in [7, 11) is 0. The maximum Gasteiger partial charge on any atom is 0.333 e. The number of ether oxygens (including phenoxy) is 2. The van der Waals surface area contributed by atoms with E-state index in [-0.39, 0.29) is 42.0 Å². The van der Waals surface area contributed by atoms with Crippen molar-refractivity contribution in [1.29, 1.82) is 0 Å². The second-order valence-corrected chi connectivity index (χ2v) is 7.30. The van der Waals surface area contributed by atoms with E-state index in [0.29, 0.717) is 31.3 Å². The molecule has 0 saturated carbocycles. The number of nitrogens with zero attached hydrogens (tertiary/aromatic N) is 1. The molecule has 4 heterocycles. The average Bonchev–Trinajstić information content (AvgIpc) is 3.15. The van der Waals surface area contributed by atoms with Crippen molar-refractivity contribution >= 4 is 17.8 Å². The summed E-state index contributed by atoms with van der Waals surface area (Å²) < 4.78 is 11.2. The van der Waals surface area contributed by atoms with Gasteiger partial charge in [-0.25, -0.2) is 4.79 Å². The predicted molar refractivity (Wildman–Crippen MR) is 79.1 cm³/mol. The summed E-state index contributed by atoms with van der Waals surface area (Å²) in [6.07, 6.45) is 3.38. The van der Waals surface area contributed by atoms with Crippen LogP contribution in [-0.4, -0.2) is 46.5 Å². The van der Waals surface area contributed by atoms with E-state index in [2.05, 4.69) is 6.58 Å². The third-order valence-electron chi connectivity index (χ3n) is 5.87. The zero-order chi connectivity index (χ0) is 16.4. The number of hydrogen-bond donors (Lipinski definition) is 0. The van der Waals surface area contributed by atoms with E-state index in [1.807, 2.05) is 11.8 Å². The number of fused-ring (bicyclic) bond motifs is 2. The lowest BCUT2D eigenvalue weighted by Crippen LogP contribution is -2.59. The number of hydrogen-bond acceptors (Lipinski definition) is 5. The number of rotatable bonds is 1. The van der Waals surface area contributed by atoms with Crippen molar-refractivity contribution in [2.75, 3.05) is 0 Å². The molecule has 0 aromatic carbocycles. The van der Waals surface area contributed by atoms with E-state index in [0.717, 1.165) is 12.8 Å². The van der Waals surface area contributed by atoms with Crippen molar-refractivity contribution in [3.63, 3.8) is 0 Å². The van der Waals surface area contributed by atoms with Crippen molar-refractivity contribution in [3.8, 4) is 0 Å². The van der Waals surface area contributed by atoms with Gasteiger partial charge >= 0.3 is 11.9 Å². The van der Waals surface area contributed by atoms with Gasteiger partial charge in [0, 0.05) is 24.8 Å². The van der Waals surface area contributed by atoms with Gasteiger partial charge in [-0.1, -0.05) is 13.5 Å². The molecule has 6 nitrogen and oxygen atoms in total. The van der Waals surface area contributed by atoms with E-state index in [1.54, 1.807) is 0 Å². The number of cyclic esters (lactones) is 1. The monoisotopic (exact) mass is 319 g/mol. The molecule has 4 aliphatic heterocycles. The standard InChI is InChI=1S/C17H21NO5/c1-9-7-12(22-15(9)20)11-3-4-13-17(6-5-14(19)18(11)13)8-10(2)16(21)23-17/h10-13H,1,3-8H2,2H3/t10-,11+,12-,13+,17+/m1/s1. The van der Waals surface area contributed by atoms with Crippen molar-refractivity contribution in [2.45, 2.75) is 69.2 Å². The lowest BCUT2D eigenvalue weighted by Gasteiger charge is -2.45. The average molecular weight is 319 g/mol. The molecule has 1 spiro atoms. The Morgan fingerprint density at radius 3 is 2.65 bits per heavy atom. The fourth-order valence-electron chi connectivity index (χ4n) is 4.80. The lowest BCUT2D eigenvalue weighted by atomic mass is 9.80. The number of carbonyl (C=O) groups is 3. The van der Waals surface area contributed by atoms with Gasteiger partial charge in [-0.15, -0.1) is 0 Å². The molecular formula is C17H21NO5. The molecule has 4 fully saturated rings. The summed E-state index contributed by atoms with van der Waals surface area (Å²) in [5.41, 5.74) is -0.0720. The smallest absolute Gasteiger partial charge is 0.333 e. The molecule has 4 saturated heterocycles. The van der Waals surface area contributed by atoms with Crippen LogP contribution in [0, 0.1) is 5.92 Å². The summed E-state index contributed by atoms with van der Waals surface area (Å²) >= 11 is 0. The molecule has 5 atom stereocenters. The fraction of sp³-hybridized carbons (Fsp3) is 0.706. The van der Waals surface area contributed by atoms with Gasteiger partial charge in [-0.3, -0.25) is 9.59 Å². The molecule has 1 amide bonds. The van der Waals surface area contributed by atoms with Gasteiger partial charge in [0.1, 0.15) is 11.7 Å². The molecule has 0 radical (unpaired) electrons. The molecule has 0 unspecified atom stereocenters. The van der Waals surface area contributed by atoms with Crippen LogP contribution in [0.5, 0.6) is 0 Å². The second-order valence-electron chi connectivity index (χ2n) is 7.30. The minimum absolute atomic E-state index is 0.0762. The van der Waals surface area contributed by atoms with Crippen molar-refractivity contribution < 1.29 is 23.9 Å². The molecule has 0 aromatic heterocycles. The molecule has 124 valence electrons. The van der Waals surface area contributed by atoms with Gasteiger partial charge in [-0.2, -0.15) is 0 Å². The topological polar surface area (TPSA) is 72.9 Å². The predicted octanol–water partition coefficient (Wildman–Crippen LogP) is 1.33. The third kappa shape index (κ3) is 2.03. The summed E-state index contributed by atoms with van der Waals surface area (Å²) in [6, 6.07) is -0.210. The molecule has 4 aliphatic rings. The number of amides is 1. The van der Waals surface area contributed by atoms with E-state index in [4.69, 9.17) is 9.47 Å². The van der Waals surface area contributed by atoms with Crippen LogP contribution in [0.2, 0.25) is 0 Å². The SMILES string of the molecule is C=C1C[C@H]([C@@H]2CC[C@@H]3N2C(=O)CC[C@]32C[C@@H](C)C(=O)O2)OC1=O. The first-order chi connectivity index (χ1) is 10.9. The second kappa shape index (κ2) is 4.82. The van der Waals surface area contributed by atoms with Gasteiger partial charge in [0.05, 0.1) is 18.0 Å². The van der Waals surface area contributed by atoms with Gasteiger partial charge in [0.25, 0.3) is 0 Å². The molecule has 0 aliphatic carbocycles. The molecule has 0 aromatic rings. The van der Waals surface area contributed by atoms with Crippen molar-refractivity contribution in [1.82, 2.24) is 4.90 Å². The van der Waals surface area contributed by atoms with E-state index >= 15 is 0 Å². The Kier molecular flexibility index (Phi) is 3.09. The highest BCUT2D eigenvalue weighted by atomic mass is 16.6. The Labute approximate surface area is 134 Å². The van der Waals surface area contributed by atoms with Crippen molar-refractivity contribution in [3.05, 3.63) is 12.2 Å². The van der Waals surface area contributed by atoms with Gasteiger partial charge in [0.2, 0.25) is 5.91 Å². The first-order valence-electron chi connectivity index (χ1n) is 8.34. The highest BCUT2D eigenvalue weighted by Crippen LogP contribution is 2.49. The highest BCUT2D eigenvalue weighted by molar-refractivity contribution is 5.90. The highest BCUT2D eigenvalue weighted by Gasteiger charge is 2.60. The van der Waals surface area contributed by atoms with E-state index in [9.17, 15) is 14.4 Å². The van der Waals surface area contributed by atoms with Crippen LogP contribution in [0.4, 0.5) is 0 Å². The summed E-state index contributed by atoms with van der Waals surface area (Å²) in [4.78, 5) is 37.9. The van der Waals surface area contributed by atoms with Crippen LogP contribution < -0.4 is 0 Å². The Morgan fingerprint density at radius 1 is 1.26 bits per heavy atom. The number of esters is 2. The first-order valence-corrected chi connectivity index (χ1v) is 8.34. The first kappa shape index (κ1) is 14.7. The Bertz CT molecular complexity index is 598. The van der Waals surface area contributed by atoms with E-state index in [1.165, 1.54) is 0 Å². The lowest BCUT2D eigenvalue weighted by molar-refractivity contribution is -0.170. The van der Waals surface area contributed by atoms with Crippen LogP contribution in [0.3, 0.4) is 0 Å². The third-order valence-corrected chi connectivity index (χ3v) is 5.87. The maximum absolute atomic E-state index is 12.5. The van der Waals surface area contributed by atoms with Gasteiger partial charge < -0.3 is 14.4 Å². The van der Waals surface area contributed by atoms with Crippen LogP contribution in [0.15, 0.2) is 12.2 Å². The number of carbonyl (C=O) groups excluding carboxylic acids is 3. The zero-order valence-corrected chi connectivity index (χ0v) is 13.2. The summed E-state index contributed by atoms with van der Waals surface area (Å²) in [5.74, 6) is -0.567. The maximum atomic E-state index is 12.5. The largest absolute Gasteiger partial charge is 0.457 e. The number of piperidine rings is 1. The molecule has 0 N–H and O–H groups in total. The molecule has 6 heteroatoms. The van der Waals surface area contributed by atoms with E-state index < -0.39 is 5.60 Å².